The highest BCUT2D eigenvalue weighted by Gasteiger charge is 2.19. The molecule has 0 unspecified atom stereocenters. The Balaban J connectivity index is -0.000000680. The van der Waals surface area contributed by atoms with Crippen molar-refractivity contribution in [3.63, 3.8) is 0 Å². The van der Waals surface area contributed by atoms with Gasteiger partial charge in [-0.25, -0.2) is 0 Å². The highest BCUT2D eigenvalue weighted by atomic mass is 16.4. The molecule has 22 nitrogen and oxygen atoms in total. The summed E-state index contributed by atoms with van der Waals surface area (Å²) in [6.07, 6.45) is 0.750. The van der Waals surface area contributed by atoms with Crippen molar-refractivity contribution in [3.8, 4) is 0 Å². The van der Waals surface area contributed by atoms with Crippen LogP contribution in [0.15, 0.2) is 0 Å². The van der Waals surface area contributed by atoms with E-state index in [0.29, 0.717) is 0 Å². The third-order valence-electron chi connectivity index (χ3n) is 4.55. The second kappa shape index (κ2) is 25.6. The topological polar surface area (TPSA) is 332 Å². The van der Waals surface area contributed by atoms with E-state index in [4.69, 9.17) is 40.9 Å². The lowest BCUT2D eigenvalue weighted by Crippen LogP contribution is -2.43. The van der Waals surface area contributed by atoms with Gasteiger partial charge in [0.2, 0.25) is 6.41 Å². The SMILES string of the molecule is CN(C)C=O.O=C(O)CN(CCN(CC(=O)O)CC(=O)O)CC(=O)O.O=C(O)CN(CCN(CC(=O)O)CC(=O)O)CC(=O)O. The van der Waals surface area contributed by atoms with Gasteiger partial charge >= 0.3 is 47.8 Å². The molecule has 0 heterocycles. The van der Waals surface area contributed by atoms with Crippen LogP contribution < -0.4 is 0 Å². The molecule has 0 aliphatic heterocycles. The van der Waals surface area contributed by atoms with Crippen molar-refractivity contribution in [2.24, 2.45) is 0 Å². The fraction of sp³-hybridized carbons (Fsp3) is 0.609. The lowest BCUT2D eigenvalue weighted by Gasteiger charge is -2.23. The standard InChI is InChI=1S/2C10H16N2O8.C3H7NO/c2*13-7(14)3-11(4-8(15)16)1-2-12(5-9(17)18)6-10(19)20;1-4(2)3-5/h2*1-6H2,(H,13,14)(H,15,16)(H,17,18)(H,19,20);3H,1-2H3. The minimum absolute atomic E-state index is 0.0703. The van der Waals surface area contributed by atoms with Crippen LogP contribution in [0.5, 0.6) is 0 Å². The van der Waals surface area contributed by atoms with E-state index in [1.54, 1.807) is 14.1 Å². The summed E-state index contributed by atoms with van der Waals surface area (Å²) in [4.78, 5) is 99.6. The zero-order valence-corrected chi connectivity index (χ0v) is 24.6. The van der Waals surface area contributed by atoms with Gasteiger partial charge in [-0.1, -0.05) is 0 Å². The molecule has 0 saturated carbocycles. The number of rotatable bonds is 23. The maximum atomic E-state index is 10.6. The van der Waals surface area contributed by atoms with Crippen LogP contribution in [0.25, 0.3) is 0 Å². The summed E-state index contributed by atoms with van der Waals surface area (Å²) in [6.45, 7) is -4.50. The van der Waals surface area contributed by atoms with Gasteiger partial charge in [0, 0.05) is 40.3 Å². The quantitative estimate of drug-likeness (QED) is 0.0480. The normalized spacial score (nSPS) is 10.3. The van der Waals surface area contributed by atoms with Crippen LogP contribution in [0.1, 0.15) is 0 Å². The first-order valence-corrected chi connectivity index (χ1v) is 12.4. The predicted molar refractivity (Wildman–Crippen MR) is 147 cm³/mol. The smallest absolute Gasteiger partial charge is 0.317 e. The Kier molecular flexibility index (Phi) is 25.3. The van der Waals surface area contributed by atoms with Crippen LogP contribution in [-0.4, -0.2) is 212 Å². The van der Waals surface area contributed by atoms with Crippen molar-refractivity contribution in [2.75, 3.05) is 92.6 Å². The van der Waals surface area contributed by atoms with E-state index in [2.05, 4.69) is 0 Å². The molecule has 1 amide bonds. The number of aliphatic carboxylic acids is 8. The summed E-state index contributed by atoms with van der Waals surface area (Å²) in [5.41, 5.74) is 0. The first-order chi connectivity index (χ1) is 20.7. The summed E-state index contributed by atoms with van der Waals surface area (Å²) in [5.74, 6) is -9.82. The third kappa shape index (κ3) is 35.2. The molecule has 0 aromatic rings. The Morgan fingerprint density at radius 1 is 0.378 bits per heavy atom. The maximum absolute atomic E-state index is 10.6. The van der Waals surface area contributed by atoms with Crippen LogP contribution in [0.4, 0.5) is 0 Å². The number of carboxylic acids is 8. The number of carboxylic acid groups (broad SMARTS) is 8. The van der Waals surface area contributed by atoms with E-state index in [1.165, 1.54) is 4.90 Å². The monoisotopic (exact) mass is 657 g/mol. The molecule has 22 heteroatoms. The Hall–Kier alpha value is -4.93. The second-order valence-corrected chi connectivity index (χ2v) is 9.06. The highest BCUT2D eigenvalue weighted by Crippen LogP contribution is 1.95. The molecule has 0 spiro atoms. The van der Waals surface area contributed by atoms with E-state index < -0.39 is 100 Å². The average molecular weight is 658 g/mol. The maximum Gasteiger partial charge on any atom is 0.317 e. The fourth-order valence-corrected chi connectivity index (χ4v) is 2.95. The molecule has 8 N–H and O–H groups in total. The molecule has 0 rings (SSSR count). The summed E-state index contributed by atoms with van der Waals surface area (Å²) in [7, 11) is 3.38. The lowest BCUT2D eigenvalue weighted by atomic mass is 10.4. The molecule has 0 aromatic heterocycles. The summed E-state index contributed by atoms with van der Waals surface area (Å²) in [5, 5.41) is 68.9. The minimum Gasteiger partial charge on any atom is -0.480 e. The van der Waals surface area contributed by atoms with E-state index in [1.807, 2.05) is 0 Å². The number of hydrogen-bond acceptors (Lipinski definition) is 13. The summed E-state index contributed by atoms with van der Waals surface area (Å²) >= 11 is 0. The zero-order valence-electron chi connectivity index (χ0n) is 24.6. The van der Waals surface area contributed by atoms with Crippen LogP contribution in [0.3, 0.4) is 0 Å². The molecule has 0 atom stereocenters. The Morgan fingerprint density at radius 2 is 0.489 bits per heavy atom. The van der Waals surface area contributed by atoms with Gasteiger partial charge in [-0.3, -0.25) is 62.8 Å². The first-order valence-electron chi connectivity index (χ1n) is 12.4. The zero-order chi connectivity index (χ0) is 35.7. The molecular formula is C23H39N5O17. The summed E-state index contributed by atoms with van der Waals surface area (Å²) < 4.78 is 0. The highest BCUT2D eigenvalue weighted by molar-refractivity contribution is 5.74. The first kappa shape index (κ1) is 44.5. The Bertz CT molecular complexity index is 799. The number of nitrogens with zero attached hydrogens (tertiary/aromatic N) is 5. The average Bonchev–Trinajstić information content (AvgIpc) is 2.83. The van der Waals surface area contributed by atoms with Gasteiger partial charge in [0.1, 0.15) is 0 Å². The number of carbonyl (C=O) groups excluding carboxylic acids is 1. The van der Waals surface area contributed by atoms with Gasteiger partial charge < -0.3 is 45.8 Å². The van der Waals surface area contributed by atoms with Crippen molar-refractivity contribution in [1.29, 1.82) is 0 Å². The van der Waals surface area contributed by atoms with Crippen molar-refractivity contribution in [3.05, 3.63) is 0 Å². The molecule has 0 aliphatic rings. The van der Waals surface area contributed by atoms with E-state index in [-0.39, 0.29) is 26.2 Å². The van der Waals surface area contributed by atoms with E-state index in [0.717, 1.165) is 26.0 Å². The predicted octanol–water partition coefficient (Wildman–Crippen LogP) is -4.44. The Labute approximate surface area is 255 Å². The second-order valence-electron chi connectivity index (χ2n) is 9.06. The fourth-order valence-electron chi connectivity index (χ4n) is 2.95. The van der Waals surface area contributed by atoms with Crippen molar-refractivity contribution in [1.82, 2.24) is 24.5 Å². The van der Waals surface area contributed by atoms with Crippen molar-refractivity contribution in [2.45, 2.75) is 0 Å². The van der Waals surface area contributed by atoms with Crippen molar-refractivity contribution >= 4 is 54.2 Å². The van der Waals surface area contributed by atoms with Gasteiger partial charge in [-0.15, -0.1) is 0 Å². The molecule has 0 fully saturated rings. The number of amides is 1. The van der Waals surface area contributed by atoms with Crippen molar-refractivity contribution < 1.29 is 84.0 Å². The molecular weight excluding hydrogens is 618 g/mol. The molecule has 0 radical (unpaired) electrons. The van der Waals surface area contributed by atoms with E-state index >= 15 is 0 Å². The van der Waals surface area contributed by atoms with Crippen LogP contribution >= 0.6 is 0 Å². The van der Waals surface area contributed by atoms with Gasteiger partial charge in [0.15, 0.2) is 0 Å². The molecule has 0 saturated heterocycles. The summed E-state index contributed by atoms with van der Waals surface area (Å²) in [6, 6.07) is 0. The molecule has 0 aliphatic carbocycles. The molecule has 45 heavy (non-hydrogen) atoms. The lowest BCUT2D eigenvalue weighted by molar-refractivity contribution is -0.145. The van der Waals surface area contributed by atoms with Gasteiger partial charge in [0.05, 0.1) is 52.4 Å². The molecule has 258 valence electrons. The number of carbonyl (C=O) groups is 9. The number of hydrogen-bond donors (Lipinski definition) is 8. The van der Waals surface area contributed by atoms with Gasteiger partial charge in [-0.05, 0) is 0 Å². The van der Waals surface area contributed by atoms with E-state index in [9.17, 15) is 43.2 Å². The third-order valence-corrected chi connectivity index (χ3v) is 4.55. The van der Waals surface area contributed by atoms with Gasteiger partial charge in [-0.2, -0.15) is 0 Å². The largest absolute Gasteiger partial charge is 0.480 e. The minimum atomic E-state index is -1.23. The van der Waals surface area contributed by atoms with Crippen LogP contribution in [0.2, 0.25) is 0 Å². The molecule has 0 bridgehead atoms. The van der Waals surface area contributed by atoms with Crippen LogP contribution in [-0.2, 0) is 43.2 Å². The van der Waals surface area contributed by atoms with Crippen LogP contribution in [0, 0.1) is 0 Å². The van der Waals surface area contributed by atoms with Gasteiger partial charge in [0.25, 0.3) is 0 Å². The molecule has 0 aromatic carbocycles. The Morgan fingerprint density at radius 3 is 0.556 bits per heavy atom.